The molecular formula is C30H24N2O6. The van der Waals surface area contributed by atoms with Crippen LogP contribution in [0.15, 0.2) is 54.6 Å². The van der Waals surface area contributed by atoms with E-state index in [0.29, 0.717) is 58.3 Å². The molecule has 8 heteroatoms. The van der Waals surface area contributed by atoms with Gasteiger partial charge in [-0.2, -0.15) is 5.26 Å². The number of ketones is 1. The Morgan fingerprint density at radius 2 is 1.82 bits per heavy atom. The Morgan fingerprint density at radius 3 is 2.63 bits per heavy atom. The molecule has 3 aromatic rings. The van der Waals surface area contributed by atoms with Crippen molar-refractivity contribution in [2.75, 3.05) is 18.1 Å². The Kier molecular flexibility index (Phi) is 4.76. The minimum atomic E-state index is -0.799. The van der Waals surface area contributed by atoms with Gasteiger partial charge in [-0.3, -0.25) is 14.4 Å². The van der Waals surface area contributed by atoms with Gasteiger partial charge in [-0.15, -0.1) is 0 Å². The van der Waals surface area contributed by atoms with Crippen molar-refractivity contribution in [2.45, 2.75) is 37.4 Å². The van der Waals surface area contributed by atoms with Crippen LogP contribution < -0.4 is 14.4 Å². The molecule has 3 fully saturated rings. The first-order valence-corrected chi connectivity index (χ1v) is 12.8. The van der Waals surface area contributed by atoms with Crippen LogP contribution in [0.3, 0.4) is 0 Å². The zero-order valence-electron chi connectivity index (χ0n) is 20.7. The zero-order valence-corrected chi connectivity index (χ0v) is 20.7. The van der Waals surface area contributed by atoms with Gasteiger partial charge in [0.05, 0.1) is 52.5 Å². The van der Waals surface area contributed by atoms with Crippen molar-refractivity contribution in [3.8, 4) is 17.6 Å². The highest BCUT2D eigenvalue weighted by molar-refractivity contribution is 6.26. The summed E-state index contributed by atoms with van der Waals surface area (Å²) < 4.78 is 17.9. The summed E-state index contributed by atoms with van der Waals surface area (Å²) >= 11 is 0. The van der Waals surface area contributed by atoms with Gasteiger partial charge in [-0.25, -0.2) is 4.90 Å². The molecule has 0 N–H and O–H groups in total. The van der Waals surface area contributed by atoms with Crippen molar-refractivity contribution in [3.05, 3.63) is 65.7 Å². The van der Waals surface area contributed by atoms with Crippen LogP contribution in [0.4, 0.5) is 5.69 Å². The second-order valence-electron chi connectivity index (χ2n) is 10.7. The second kappa shape index (κ2) is 7.89. The van der Waals surface area contributed by atoms with Crippen LogP contribution in [0.2, 0.25) is 0 Å². The number of hydrogen-bond donors (Lipinski definition) is 0. The van der Waals surface area contributed by atoms with Crippen LogP contribution in [0.5, 0.6) is 11.5 Å². The maximum atomic E-state index is 14.0. The van der Waals surface area contributed by atoms with Gasteiger partial charge in [0.2, 0.25) is 17.6 Å². The first-order valence-electron chi connectivity index (χ1n) is 12.8. The van der Waals surface area contributed by atoms with E-state index in [2.05, 4.69) is 6.07 Å². The summed E-state index contributed by atoms with van der Waals surface area (Å²) in [5.41, 5.74) is 0.0259. The zero-order chi connectivity index (χ0) is 26.2. The van der Waals surface area contributed by atoms with E-state index in [1.807, 2.05) is 31.2 Å². The molecule has 4 aliphatic heterocycles. The lowest BCUT2D eigenvalue weighted by molar-refractivity contribution is -0.131. The fourth-order valence-corrected chi connectivity index (χ4v) is 6.93. The summed E-state index contributed by atoms with van der Waals surface area (Å²) in [6, 6.07) is 18.0. The third-order valence-corrected chi connectivity index (χ3v) is 8.68. The molecule has 0 aliphatic carbocycles. The molecule has 3 saturated heterocycles. The number of carbonyl (C=O) groups excluding carboxylic acids is 3. The number of benzene rings is 3. The highest BCUT2D eigenvalue weighted by atomic mass is 16.5. The Hall–Kier alpha value is -4.22. The molecule has 0 spiro atoms. The normalized spacial score (nSPS) is 28.9. The van der Waals surface area contributed by atoms with E-state index in [1.165, 1.54) is 4.90 Å². The number of fused-ring (bicyclic) bond motifs is 7. The standard InChI is InChI=1S/C30H24N2O6/c1-29-10-11-30(38-29,12-13-36-18-7-8-21-23(33)16-37-24(21)14-18)26-25(29)27(34)32(28(26)35)22-9-6-17(15-31)19-4-2-3-5-20(19)22/h2-9,14,25-26H,10-13,16H2,1H3/t25-,26+,29-,30-/m0/s1. The monoisotopic (exact) mass is 508 g/mol. The fourth-order valence-electron chi connectivity index (χ4n) is 6.93. The minimum Gasteiger partial charge on any atom is -0.493 e. The summed E-state index contributed by atoms with van der Waals surface area (Å²) in [7, 11) is 0. The first kappa shape index (κ1) is 22.9. The van der Waals surface area contributed by atoms with E-state index < -0.39 is 23.0 Å². The van der Waals surface area contributed by atoms with Crippen LogP contribution in [0.1, 0.15) is 42.1 Å². The predicted molar refractivity (Wildman–Crippen MR) is 136 cm³/mol. The number of hydrogen-bond acceptors (Lipinski definition) is 7. The summed E-state index contributed by atoms with van der Waals surface area (Å²) in [5.74, 6) is -0.652. The van der Waals surface area contributed by atoms with Gasteiger partial charge in [0, 0.05) is 23.3 Å². The number of imide groups is 1. The van der Waals surface area contributed by atoms with Crippen molar-refractivity contribution in [3.63, 3.8) is 0 Å². The van der Waals surface area contributed by atoms with Crippen LogP contribution >= 0.6 is 0 Å². The molecule has 4 aliphatic rings. The molecule has 2 bridgehead atoms. The van der Waals surface area contributed by atoms with Crippen molar-refractivity contribution in [1.82, 2.24) is 0 Å². The van der Waals surface area contributed by atoms with E-state index in [-0.39, 0.29) is 30.8 Å². The number of nitriles is 1. The number of carbonyl (C=O) groups is 3. The number of ether oxygens (including phenoxy) is 3. The topological polar surface area (TPSA) is 106 Å². The van der Waals surface area contributed by atoms with Crippen molar-refractivity contribution >= 4 is 34.1 Å². The smallest absolute Gasteiger partial charge is 0.240 e. The van der Waals surface area contributed by atoms with Gasteiger partial charge in [-0.1, -0.05) is 24.3 Å². The third-order valence-electron chi connectivity index (χ3n) is 8.68. The summed E-state index contributed by atoms with van der Waals surface area (Å²) in [6.07, 6.45) is 1.79. The summed E-state index contributed by atoms with van der Waals surface area (Å²) in [5, 5.41) is 10.9. The van der Waals surface area contributed by atoms with Gasteiger partial charge >= 0.3 is 0 Å². The third kappa shape index (κ3) is 3.02. The molecule has 0 radical (unpaired) electrons. The Labute approximate surface area is 218 Å². The molecule has 190 valence electrons. The fraction of sp³-hybridized carbons (Fsp3) is 0.333. The lowest BCUT2D eigenvalue weighted by atomic mass is 9.67. The lowest BCUT2D eigenvalue weighted by Crippen LogP contribution is -2.43. The van der Waals surface area contributed by atoms with Gasteiger partial charge in [0.25, 0.3) is 0 Å². The average Bonchev–Trinajstić information content (AvgIpc) is 3.62. The number of amides is 2. The highest BCUT2D eigenvalue weighted by Crippen LogP contribution is 2.62. The Balaban J connectivity index is 1.18. The van der Waals surface area contributed by atoms with Gasteiger partial charge in [0.15, 0.2) is 6.61 Å². The SMILES string of the molecule is C[C@@]12CC[C@@](CCOc3ccc4c(c3)OCC4=O)(O1)[C@H]1C(=O)N(c3ccc(C#N)c4ccccc34)C(=O)[C@H]12. The minimum absolute atomic E-state index is 0.0402. The van der Waals surface area contributed by atoms with Crippen LogP contribution in [-0.2, 0) is 14.3 Å². The van der Waals surface area contributed by atoms with Crippen LogP contribution in [0.25, 0.3) is 10.8 Å². The highest BCUT2D eigenvalue weighted by Gasteiger charge is 2.73. The average molecular weight is 509 g/mol. The molecule has 3 aromatic carbocycles. The number of nitrogens with zero attached hydrogens (tertiary/aromatic N) is 2. The maximum absolute atomic E-state index is 14.0. The second-order valence-corrected chi connectivity index (χ2v) is 10.7. The molecule has 38 heavy (non-hydrogen) atoms. The van der Waals surface area contributed by atoms with Crippen molar-refractivity contribution in [2.24, 2.45) is 11.8 Å². The van der Waals surface area contributed by atoms with E-state index in [1.54, 1.807) is 30.3 Å². The molecule has 8 nitrogen and oxygen atoms in total. The lowest BCUT2D eigenvalue weighted by Gasteiger charge is -2.31. The number of rotatable bonds is 5. The molecular weight excluding hydrogens is 484 g/mol. The van der Waals surface area contributed by atoms with Crippen LogP contribution in [-0.4, -0.2) is 42.0 Å². The quantitative estimate of drug-likeness (QED) is 0.476. The molecule has 2 amide bonds. The van der Waals surface area contributed by atoms with E-state index >= 15 is 0 Å². The first-order chi connectivity index (χ1) is 18.3. The molecule has 0 saturated carbocycles. The van der Waals surface area contributed by atoms with E-state index in [4.69, 9.17) is 14.2 Å². The maximum Gasteiger partial charge on any atom is 0.240 e. The molecule has 0 unspecified atom stereocenters. The Bertz CT molecular complexity index is 1610. The Morgan fingerprint density at radius 1 is 1.03 bits per heavy atom. The van der Waals surface area contributed by atoms with Crippen molar-refractivity contribution < 1.29 is 28.6 Å². The molecule has 0 aromatic heterocycles. The number of anilines is 1. The predicted octanol–water partition coefficient (Wildman–Crippen LogP) is 4.18. The largest absolute Gasteiger partial charge is 0.493 e. The van der Waals surface area contributed by atoms with Crippen LogP contribution in [0, 0.1) is 23.2 Å². The van der Waals surface area contributed by atoms with Crippen molar-refractivity contribution in [1.29, 1.82) is 5.26 Å². The van der Waals surface area contributed by atoms with E-state index in [0.717, 1.165) is 0 Å². The molecule has 4 atom stereocenters. The molecule has 4 heterocycles. The number of Topliss-reactive ketones (excluding diaryl/α,β-unsaturated/α-hetero) is 1. The molecule has 7 rings (SSSR count). The van der Waals surface area contributed by atoms with E-state index in [9.17, 15) is 19.6 Å². The summed E-state index contributed by atoms with van der Waals surface area (Å²) in [4.78, 5) is 41.0. The summed E-state index contributed by atoms with van der Waals surface area (Å²) in [6.45, 7) is 2.26. The van der Waals surface area contributed by atoms with Gasteiger partial charge in [0.1, 0.15) is 11.5 Å². The van der Waals surface area contributed by atoms with Gasteiger partial charge in [-0.05, 0) is 44.0 Å². The van der Waals surface area contributed by atoms with Gasteiger partial charge < -0.3 is 14.2 Å².